The Morgan fingerprint density at radius 3 is 2.29 bits per heavy atom. The quantitative estimate of drug-likeness (QED) is 0.663. The minimum Gasteiger partial charge on any atom is -0.254 e. The number of hydrogen-bond acceptors (Lipinski definition) is 2. The number of aromatic nitrogens is 2. The van der Waals surface area contributed by atoms with Crippen LogP contribution in [-0.4, -0.2) is 18.0 Å². The number of pyridine rings is 2. The molecule has 21 heavy (non-hydrogen) atoms. The average molecular weight is 292 g/mol. The van der Waals surface area contributed by atoms with E-state index in [2.05, 4.69) is 61.0 Å². The van der Waals surface area contributed by atoms with E-state index in [1.165, 1.54) is 16.1 Å². The molecular weight excluding hydrogens is 272 g/mol. The zero-order valence-electron chi connectivity index (χ0n) is 13.0. The third-order valence-electron chi connectivity index (χ3n) is 3.73. The molecule has 1 aromatic carbocycles. The first-order chi connectivity index (χ1) is 9.93. The predicted molar refractivity (Wildman–Crippen MR) is 92.7 cm³/mol. The summed E-state index contributed by atoms with van der Waals surface area (Å²) in [6.07, 6.45) is 1.88. The molecule has 3 aromatic rings. The first-order valence-electron chi connectivity index (χ1n) is 7.28. The van der Waals surface area contributed by atoms with Crippen LogP contribution in [0.3, 0.4) is 0 Å². The zero-order valence-corrected chi connectivity index (χ0v) is 14.0. The van der Waals surface area contributed by atoms with Crippen LogP contribution in [0.25, 0.3) is 22.3 Å². The Morgan fingerprint density at radius 1 is 0.857 bits per heavy atom. The SMILES string of the molecule is Cc1ccc(-c2ccc3cc([Si](C)(C)C)ccc3n2)nc1. The number of hydrogen-bond donors (Lipinski definition) is 0. The van der Waals surface area contributed by atoms with E-state index in [0.29, 0.717) is 0 Å². The van der Waals surface area contributed by atoms with Crippen LogP contribution in [0.15, 0.2) is 48.7 Å². The van der Waals surface area contributed by atoms with Crippen LogP contribution < -0.4 is 5.19 Å². The van der Waals surface area contributed by atoms with Gasteiger partial charge in [-0.3, -0.25) is 4.98 Å². The largest absolute Gasteiger partial charge is 0.254 e. The van der Waals surface area contributed by atoms with E-state index in [4.69, 9.17) is 4.98 Å². The van der Waals surface area contributed by atoms with E-state index in [-0.39, 0.29) is 0 Å². The molecule has 0 spiro atoms. The van der Waals surface area contributed by atoms with Gasteiger partial charge in [-0.25, -0.2) is 4.98 Å². The van der Waals surface area contributed by atoms with Crippen LogP contribution in [0.4, 0.5) is 0 Å². The van der Waals surface area contributed by atoms with Gasteiger partial charge >= 0.3 is 0 Å². The Bertz CT molecular complexity index is 786. The van der Waals surface area contributed by atoms with Crippen molar-refractivity contribution in [2.45, 2.75) is 26.6 Å². The van der Waals surface area contributed by atoms with Gasteiger partial charge in [0, 0.05) is 11.6 Å². The Kier molecular flexibility index (Phi) is 3.37. The maximum atomic E-state index is 4.75. The van der Waals surface area contributed by atoms with Crippen LogP contribution in [0.2, 0.25) is 19.6 Å². The van der Waals surface area contributed by atoms with Crippen LogP contribution >= 0.6 is 0 Å². The molecule has 0 aliphatic carbocycles. The summed E-state index contributed by atoms with van der Waals surface area (Å²) in [6, 6.07) is 15.0. The summed E-state index contributed by atoms with van der Waals surface area (Å²) in [5.41, 5.74) is 4.07. The molecule has 3 rings (SSSR count). The van der Waals surface area contributed by atoms with Crippen LogP contribution in [0, 0.1) is 6.92 Å². The van der Waals surface area contributed by atoms with Gasteiger partial charge in [0.1, 0.15) is 0 Å². The second kappa shape index (κ2) is 5.08. The monoisotopic (exact) mass is 292 g/mol. The Balaban J connectivity index is 2.07. The van der Waals surface area contributed by atoms with E-state index < -0.39 is 8.07 Å². The maximum Gasteiger partial charge on any atom is 0.0893 e. The van der Waals surface area contributed by atoms with E-state index in [1.54, 1.807) is 0 Å². The summed E-state index contributed by atoms with van der Waals surface area (Å²) >= 11 is 0. The van der Waals surface area contributed by atoms with Crippen molar-refractivity contribution in [1.29, 1.82) is 0 Å². The van der Waals surface area contributed by atoms with Crippen LogP contribution in [0.5, 0.6) is 0 Å². The van der Waals surface area contributed by atoms with Gasteiger partial charge in [-0.05, 0) is 30.7 Å². The Hall–Kier alpha value is -2.00. The molecule has 0 aliphatic rings. The zero-order chi connectivity index (χ0) is 15.0. The molecule has 3 heteroatoms. The number of fused-ring (bicyclic) bond motifs is 1. The van der Waals surface area contributed by atoms with E-state index in [0.717, 1.165) is 16.9 Å². The average Bonchev–Trinajstić information content (AvgIpc) is 2.46. The van der Waals surface area contributed by atoms with Gasteiger partial charge in [-0.15, -0.1) is 0 Å². The Labute approximate surface area is 126 Å². The summed E-state index contributed by atoms with van der Waals surface area (Å²) < 4.78 is 0. The molecule has 2 heterocycles. The van der Waals surface area contributed by atoms with Gasteiger partial charge in [-0.1, -0.05) is 49.1 Å². The number of aryl methyl sites for hydroxylation is 1. The number of rotatable bonds is 2. The molecule has 2 nitrogen and oxygen atoms in total. The molecule has 0 atom stereocenters. The van der Waals surface area contributed by atoms with E-state index >= 15 is 0 Å². The van der Waals surface area contributed by atoms with Gasteiger partial charge in [0.25, 0.3) is 0 Å². The molecule has 0 saturated heterocycles. The third-order valence-corrected chi connectivity index (χ3v) is 5.77. The van der Waals surface area contributed by atoms with Crippen molar-refractivity contribution in [2.75, 3.05) is 0 Å². The van der Waals surface area contributed by atoms with Gasteiger partial charge < -0.3 is 0 Å². The highest BCUT2D eigenvalue weighted by Crippen LogP contribution is 2.19. The summed E-state index contributed by atoms with van der Waals surface area (Å²) in [5, 5.41) is 2.68. The van der Waals surface area contributed by atoms with Crippen molar-refractivity contribution in [3.63, 3.8) is 0 Å². The predicted octanol–water partition coefficient (Wildman–Crippen LogP) is 4.15. The fraction of sp³-hybridized carbons (Fsp3) is 0.222. The van der Waals surface area contributed by atoms with Gasteiger partial charge in [0.2, 0.25) is 0 Å². The summed E-state index contributed by atoms with van der Waals surface area (Å²) in [4.78, 5) is 9.21. The summed E-state index contributed by atoms with van der Waals surface area (Å²) in [7, 11) is -1.27. The van der Waals surface area contributed by atoms with Gasteiger partial charge in [-0.2, -0.15) is 0 Å². The van der Waals surface area contributed by atoms with Crippen molar-refractivity contribution in [3.8, 4) is 11.4 Å². The first kappa shape index (κ1) is 14.0. The van der Waals surface area contributed by atoms with Crippen LogP contribution in [0.1, 0.15) is 5.56 Å². The lowest BCUT2D eigenvalue weighted by molar-refractivity contribution is 1.24. The lowest BCUT2D eigenvalue weighted by Gasteiger charge is -2.17. The van der Waals surface area contributed by atoms with Crippen molar-refractivity contribution in [1.82, 2.24) is 9.97 Å². The second-order valence-electron chi connectivity index (χ2n) is 6.57. The second-order valence-corrected chi connectivity index (χ2v) is 11.7. The van der Waals surface area contributed by atoms with Gasteiger partial charge in [0.05, 0.1) is 25.0 Å². The van der Waals surface area contributed by atoms with Crippen molar-refractivity contribution < 1.29 is 0 Å². The molecule has 106 valence electrons. The first-order valence-corrected chi connectivity index (χ1v) is 10.8. The lowest BCUT2D eigenvalue weighted by atomic mass is 10.1. The maximum absolute atomic E-state index is 4.75. The highest BCUT2D eigenvalue weighted by Gasteiger charge is 2.16. The normalized spacial score (nSPS) is 11.8. The van der Waals surface area contributed by atoms with Crippen molar-refractivity contribution in [3.05, 3.63) is 54.2 Å². The lowest BCUT2D eigenvalue weighted by Crippen LogP contribution is -2.37. The molecule has 2 aromatic heterocycles. The third kappa shape index (κ3) is 2.88. The van der Waals surface area contributed by atoms with E-state index in [9.17, 15) is 0 Å². The molecule has 0 radical (unpaired) electrons. The highest BCUT2D eigenvalue weighted by molar-refractivity contribution is 6.88. The summed E-state index contributed by atoms with van der Waals surface area (Å²) in [5.74, 6) is 0. The van der Waals surface area contributed by atoms with Crippen molar-refractivity contribution in [2.24, 2.45) is 0 Å². The molecule has 0 amide bonds. The standard InChI is InChI=1S/C18H20N2Si/c1-13-5-8-17(19-12-13)18-9-6-14-11-15(21(2,3)4)7-10-16(14)20-18/h5-12H,1-4H3. The smallest absolute Gasteiger partial charge is 0.0893 e. The topological polar surface area (TPSA) is 25.8 Å². The number of nitrogens with zero attached hydrogens (tertiary/aromatic N) is 2. The van der Waals surface area contributed by atoms with Crippen molar-refractivity contribution >= 4 is 24.2 Å². The van der Waals surface area contributed by atoms with E-state index in [1.807, 2.05) is 19.2 Å². The Morgan fingerprint density at radius 2 is 1.62 bits per heavy atom. The van der Waals surface area contributed by atoms with Crippen LogP contribution in [-0.2, 0) is 0 Å². The fourth-order valence-corrected chi connectivity index (χ4v) is 3.53. The molecule has 0 bridgehead atoms. The molecule has 0 fully saturated rings. The highest BCUT2D eigenvalue weighted by atomic mass is 28.3. The summed E-state index contributed by atoms with van der Waals surface area (Å²) in [6.45, 7) is 9.15. The number of benzene rings is 1. The molecular formula is C18H20N2Si. The minimum absolute atomic E-state index is 0.928. The molecule has 0 aliphatic heterocycles. The minimum atomic E-state index is -1.27. The molecule has 0 N–H and O–H groups in total. The molecule has 0 unspecified atom stereocenters. The van der Waals surface area contributed by atoms with Gasteiger partial charge in [0.15, 0.2) is 0 Å². The fourth-order valence-electron chi connectivity index (χ4n) is 2.35. The molecule has 0 saturated carbocycles.